The van der Waals surface area contributed by atoms with Gasteiger partial charge in [0.2, 0.25) is 0 Å². The number of carbonyl (C=O) groups excluding carboxylic acids is 1. The minimum atomic E-state index is -0.284. The van der Waals surface area contributed by atoms with Gasteiger partial charge in [-0.2, -0.15) is 0 Å². The Balaban J connectivity index is 1.53. The van der Waals surface area contributed by atoms with Crippen molar-refractivity contribution in [3.05, 3.63) is 54.1 Å². The zero-order chi connectivity index (χ0) is 21.3. The molecule has 3 rings (SSSR count). The van der Waals surface area contributed by atoms with Crippen LogP contribution in [0, 0.1) is 11.8 Å². The Morgan fingerprint density at radius 1 is 0.933 bits per heavy atom. The Morgan fingerprint density at radius 2 is 1.53 bits per heavy atom. The summed E-state index contributed by atoms with van der Waals surface area (Å²) in [5.74, 6) is 2.92. The summed E-state index contributed by atoms with van der Waals surface area (Å²) in [5, 5.41) is 0. The summed E-state index contributed by atoms with van der Waals surface area (Å²) in [5.41, 5.74) is 3.86. The average molecular weight is 407 g/mol. The number of esters is 1. The highest BCUT2D eigenvalue weighted by Crippen LogP contribution is 2.39. The Labute approximate surface area is 183 Å². The number of hydrogen-bond donors (Lipinski definition) is 0. The summed E-state index contributed by atoms with van der Waals surface area (Å²) >= 11 is 0. The highest BCUT2D eigenvalue weighted by Gasteiger charge is 2.24. The quantitative estimate of drug-likeness (QED) is 0.310. The molecule has 1 saturated carbocycles. The van der Waals surface area contributed by atoms with Crippen molar-refractivity contribution in [3.63, 3.8) is 0 Å². The fraction of sp³-hybridized carbons (Fsp3) is 0.536. The summed E-state index contributed by atoms with van der Waals surface area (Å²) in [6.07, 6.45) is 12.4. The van der Waals surface area contributed by atoms with Crippen molar-refractivity contribution in [3.8, 4) is 16.9 Å². The van der Waals surface area contributed by atoms with Gasteiger partial charge in [0.05, 0.1) is 0 Å². The predicted molar refractivity (Wildman–Crippen MR) is 126 cm³/mol. The molecule has 0 saturated heterocycles. The van der Waals surface area contributed by atoms with E-state index in [1.54, 1.807) is 0 Å². The maximum absolute atomic E-state index is 11.1. The van der Waals surface area contributed by atoms with Crippen LogP contribution < -0.4 is 4.74 Å². The van der Waals surface area contributed by atoms with Gasteiger partial charge in [0.1, 0.15) is 5.75 Å². The second kappa shape index (κ2) is 11.3. The molecule has 162 valence electrons. The van der Waals surface area contributed by atoms with Gasteiger partial charge < -0.3 is 4.74 Å². The highest BCUT2D eigenvalue weighted by molar-refractivity contribution is 5.70. The van der Waals surface area contributed by atoms with Gasteiger partial charge in [0.15, 0.2) is 0 Å². The van der Waals surface area contributed by atoms with Gasteiger partial charge >= 0.3 is 5.97 Å². The average Bonchev–Trinajstić information content (AvgIpc) is 2.77. The molecule has 2 aromatic rings. The van der Waals surface area contributed by atoms with Crippen molar-refractivity contribution >= 4 is 5.97 Å². The van der Waals surface area contributed by atoms with Crippen LogP contribution in [0.3, 0.4) is 0 Å². The van der Waals surface area contributed by atoms with Crippen molar-refractivity contribution in [2.24, 2.45) is 11.8 Å². The minimum absolute atomic E-state index is 0.284. The first-order valence-electron chi connectivity index (χ1n) is 12.0. The molecule has 0 N–H and O–H groups in total. The van der Waals surface area contributed by atoms with Crippen molar-refractivity contribution in [2.45, 2.75) is 84.5 Å². The van der Waals surface area contributed by atoms with E-state index in [1.165, 1.54) is 75.8 Å². The summed E-state index contributed by atoms with van der Waals surface area (Å²) < 4.78 is 5.12. The fourth-order valence-electron chi connectivity index (χ4n) is 5.01. The topological polar surface area (TPSA) is 26.3 Å². The maximum atomic E-state index is 11.1. The van der Waals surface area contributed by atoms with E-state index >= 15 is 0 Å². The molecule has 2 heteroatoms. The maximum Gasteiger partial charge on any atom is 0.308 e. The summed E-state index contributed by atoms with van der Waals surface area (Å²) in [7, 11) is 0. The molecule has 30 heavy (non-hydrogen) atoms. The monoisotopic (exact) mass is 406 g/mol. The Morgan fingerprint density at radius 3 is 2.07 bits per heavy atom. The van der Waals surface area contributed by atoms with Crippen molar-refractivity contribution in [1.82, 2.24) is 0 Å². The SMILES string of the molecule is CCCCC(CC)CC1CCC(c2ccc(-c3ccc(OC(C)=O)cc3)cc2)CC1. The van der Waals surface area contributed by atoms with E-state index in [2.05, 4.69) is 38.1 Å². The molecule has 0 aliphatic heterocycles. The second-order valence-electron chi connectivity index (χ2n) is 9.11. The van der Waals surface area contributed by atoms with E-state index in [1.807, 2.05) is 24.3 Å². The Kier molecular flexibility index (Phi) is 8.54. The van der Waals surface area contributed by atoms with Gasteiger partial charge in [0, 0.05) is 6.92 Å². The number of ether oxygens (including phenoxy) is 1. The van der Waals surface area contributed by atoms with Crippen LogP contribution in [0.25, 0.3) is 11.1 Å². The van der Waals surface area contributed by atoms with Crippen molar-refractivity contribution < 1.29 is 9.53 Å². The molecule has 0 heterocycles. The molecule has 1 fully saturated rings. The molecule has 2 aromatic carbocycles. The van der Waals surface area contributed by atoms with Crippen molar-refractivity contribution in [2.75, 3.05) is 0 Å². The van der Waals surface area contributed by atoms with Crippen LogP contribution in [0.4, 0.5) is 0 Å². The van der Waals surface area contributed by atoms with Crippen LogP contribution >= 0.6 is 0 Å². The van der Waals surface area contributed by atoms with Gasteiger partial charge in [-0.15, -0.1) is 0 Å². The third-order valence-electron chi connectivity index (χ3n) is 6.89. The lowest BCUT2D eigenvalue weighted by molar-refractivity contribution is -0.131. The van der Waals surface area contributed by atoms with Gasteiger partial charge in [-0.25, -0.2) is 0 Å². The molecule has 1 aliphatic carbocycles. The van der Waals surface area contributed by atoms with Gasteiger partial charge in [-0.1, -0.05) is 75.9 Å². The van der Waals surface area contributed by atoms with E-state index in [0.717, 1.165) is 23.3 Å². The number of carbonyl (C=O) groups is 1. The van der Waals surface area contributed by atoms with Gasteiger partial charge in [-0.3, -0.25) is 4.79 Å². The summed E-state index contributed by atoms with van der Waals surface area (Å²) in [6.45, 7) is 6.10. The molecule has 1 atom stereocenters. The molecule has 0 bridgehead atoms. The first-order valence-corrected chi connectivity index (χ1v) is 12.0. The molecule has 2 nitrogen and oxygen atoms in total. The number of rotatable bonds is 9. The van der Waals surface area contributed by atoms with Crippen LogP contribution in [0.15, 0.2) is 48.5 Å². The zero-order valence-corrected chi connectivity index (χ0v) is 19.0. The lowest BCUT2D eigenvalue weighted by Crippen LogP contribution is -2.16. The lowest BCUT2D eigenvalue weighted by atomic mass is 9.74. The number of unbranched alkanes of at least 4 members (excludes halogenated alkanes) is 1. The van der Waals surface area contributed by atoms with E-state index < -0.39 is 0 Å². The van der Waals surface area contributed by atoms with Gasteiger partial charge in [-0.05, 0) is 78.7 Å². The van der Waals surface area contributed by atoms with E-state index in [-0.39, 0.29) is 5.97 Å². The fourth-order valence-corrected chi connectivity index (χ4v) is 5.01. The third kappa shape index (κ3) is 6.45. The van der Waals surface area contributed by atoms with Crippen LogP contribution in [0.5, 0.6) is 5.75 Å². The van der Waals surface area contributed by atoms with E-state index in [4.69, 9.17) is 4.74 Å². The normalized spacial score (nSPS) is 20.0. The number of benzene rings is 2. The Bertz CT molecular complexity index is 767. The molecule has 1 unspecified atom stereocenters. The molecule has 0 spiro atoms. The van der Waals surface area contributed by atoms with Crippen molar-refractivity contribution in [1.29, 1.82) is 0 Å². The van der Waals surface area contributed by atoms with Crippen LogP contribution in [0.1, 0.15) is 90.0 Å². The second-order valence-corrected chi connectivity index (χ2v) is 9.11. The largest absolute Gasteiger partial charge is 0.427 e. The van der Waals surface area contributed by atoms with Crippen LogP contribution in [-0.4, -0.2) is 5.97 Å². The molecular formula is C28H38O2. The Hall–Kier alpha value is -2.09. The molecular weight excluding hydrogens is 368 g/mol. The molecule has 0 aromatic heterocycles. The van der Waals surface area contributed by atoms with E-state index in [9.17, 15) is 4.79 Å². The van der Waals surface area contributed by atoms with Gasteiger partial charge in [0.25, 0.3) is 0 Å². The third-order valence-corrected chi connectivity index (χ3v) is 6.89. The first kappa shape index (κ1) is 22.6. The zero-order valence-electron chi connectivity index (χ0n) is 19.0. The minimum Gasteiger partial charge on any atom is -0.427 e. The number of hydrogen-bond acceptors (Lipinski definition) is 2. The predicted octanol–water partition coefficient (Wildman–Crippen LogP) is 8.16. The van der Waals surface area contributed by atoms with Crippen LogP contribution in [0.2, 0.25) is 0 Å². The van der Waals surface area contributed by atoms with E-state index in [0.29, 0.717) is 5.75 Å². The first-order chi connectivity index (χ1) is 14.6. The van der Waals surface area contributed by atoms with Crippen LogP contribution in [-0.2, 0) is 4.79 Å². The molecule has 0 amide bonds. The summed E-state index contributed by atoms with van der Waals surface area (Å²) in [4.78, 5) is 11.1. The standard InChI is InChI=1S/C28H38O2/c1-4-6-7-22(5-2)20-23-8-10-24(11-9-23)25-12-14-26(15-13-25)27-16-18-28(19-17-27)30-21(3)29/h12-19,22-24H,4-11,20H2,1-3H3. The summed E-state index contributed by atoms with van der Waals surface area (Å²) in [6, 6.07) is 16.8. The smallest absolute Gasteiger partial charge is 0.308 e. The molecule has 0 radical (unpaired) electrons. The highest BCUT2D eigenvalue weighted by atomic mass is 16.5. The molecule has 1 aliphatic rings. The lowest BCUT2D eigenvalue weighted by Gasteiger charge is -2.31.